The molecule has 0 saturated carbocycles. The van der Waals surface area contributed by atoms with Crippen LogP contribution in [0.3, 0.4) is 0 Å². The lowest BCUT2D eigenvalue weighted by atomic mass is 10.0. The minimum absolute atomic E-state index is 0.00690. The van der Waals surface area contributed by atoms with Gasteiger partial charge in [-0.25, -0.2) is 0 Å². The van der Waals surface area contributed by atoms with Gasteiger partial charge in [0.05, 0.1) is 22.0 Å². The number of halogens is 2. The predicted molar refractivity (Wildman–Crippen MR) is 71.0 cm³/mol. The molecule has 0 aliphatic carbocycles. The monoisotopic (exact) mass is 288 g/mol. The van der Waals surface area contributed by atoms with Gasteiger partial charge in [0.25, 0.3) is 0 Å². The van der Waals surface area contributed by atoms with E-state index in [1.807, 2.05) is 0 Å². The molecule has 1 heterocycles. The molecule has 0 radical (unpaired) electrons. The van der Waals surface area contributed by atoms with Crippen molar-refractivity contribution in [3.63, 3.8) is 0 Å². The van der Waals surface area contributed by atoms with Gasteiger partial charge in [-0.2, -0.15) is 0 Å². The van der Waals surface area contributed by atoms with Gasteiger partial charge in [-0.1, -0.05) is 23.2 Å². The molecule has 1 atom stereocenters. The minimum atomic E-state index is -0.385. The fourth-order valence-electron chi connectivity index (χ4n) is 1.85. The number of carbonyl (C=O) groups is 1. The van der Waals surface area contributed by atoms with E-state index in [2.05, 4.69) is 10.6 Å². The molecule has 1 aliphatic rings. The van der Waals surface area contributed by atoms with E-state index in [1.165, 1.54) is 12.1 Å². The summed E-state index contributed by atoms with van der Waals surface area (Å²) in [4.78, 5) is 11.8. The number of hydrogen-bond donors (Lipinski definition) is 3. The summed E-state index contributed by atoms with van der Waals surface area (Å²) in [6.45, 7) is 3.14. The molecule has 0 spiro atoms. The largest absolute Gasteiger partial charge is 0.508 e. The second-order valence-corrected chi connectivity index (χ2v) is 5.16. The van der Waals surface area contributed by atoms with Crippen LogP contribution in [0.25, 0.3) is 0 Å². The average molecular weight is 289 g/mol. The number of rotatable bonds is 3. The summed E-state index contributed by atoms with van der Waals surface area (Å²) in [5.41, 5.74) is 0.449. The molecule has 0 bridgehead atoms. The second-order valence-electron chi connectivity index (χ2n) is 4.38. The molecule has 98 valence electrons. The summed E-state index contributed by atoms with van der Waals surface area (Å²) < 4.78 is 0. The molecule has 0 unspecified atom stereocenters. The fraction of sp³-hybridized carbons (Fsp3) is 0.417. The van der Waals surface area contributed by atoms with Crippen LogP contribution in [0.1, 0.15) is 18.5 Å². The molecule has 0 aromatic heterocycles. The lowest BCUT2D eigenvalue weighted by Gasteiger charge is -2.28. The van der Waals surface area contributed by atoms with Crippen LogP contribution in [-0.2, 0) is 4.79 Å². The Balaban J connectivity index is 2.15. The lowest BCUT2D eigenvalue weighted by molar-refractivity contribution is -0.127. The van der Waals surface area contributed by atoms with Crippen molar-refractivity contribution in [3.8, 4) is 5.75 Å². The number of hydrogen-bond acceptors (Lipinski definition) is 3. The Labute approximate surface area is 115 Å². The van der Waals surface area contributed by atoms with Crippen molar-refractivity contribution in [2.75, 3.05) is 13.1 Å². The highest BCUT2D eigenvalue weighted by Gasteiger charge is 2.27. The van der Waals surface area contributed by atoms with Gasteiger partial charge in [-0.05, 0) is 19.1 Å². The third-order valence-electron chi connectivity index (χ3n) is 3.05. The van der Waals surface area contributed by atoms with Crippen molar-refractivity contribution in [3.05, 3.63) is 27.7 Å². The van der Waals surface area contributed by atoms with E-state index in [9.17, 15) is 9.90 Å². The maximum Gasteiger partial charge on any atom is 0.226 e. The van der Waals surface area contributed by atoms with Crippen LogP contribution in [0, 0.1) is 5.92 Å². The first-order valence-electron chi connectivity index (χ1n) is 5.68. The molecule has 1 aliphatic heterocycles. The first-order chi connectivity index (χ1) is 8.50. The Morgan fingerprint density at radius 3 is 2.72 bits per heavy atom. The van der Waals surface area contributed by atoms with Gasteiger partial charge in [0.2, 0.25) is 5.91 Å². The summed E-state index contributed by atoms with van der Waals surface area (Å²) in [5, 5.41) is 16.3. The third kappa shape index (κ3) is 2.55. The number of carbonyl (C=O) groups excluding carboxylic acids is 1. The number of benzene rings is 1. The van der Waals surface area contributed by atoms with Crippen LogP contribution in [-0.4, -0.2) is 24.1 Å². The van der Waals surface area contributed by atoms with Crippen molar-refractivity contribution in [1.82, 2.24) is 10.6 Å². The SMILES string of the molecule is C[C@H](NC(=O)C1CNC1)c1c(O)ccc(Cl)c1Cl. The van der Waals surface area contributed by atoms with Crippen LogP contribution in [0.4, 0.5) is 0 Å². The van der Waals surface area contributed by atoms with Crippen LogP contribution in [0.2, 0.25) is 10.0 Å². The highest BCUT2D eigenvalue weighted by Crippen LogP contribution is 2.36. The highest BCUT2D eigenvalue weighted by atomic mass is 35.5. The van der Waals surface area contributed by atoms with Crippen LogP contribution >= 0.6 is 23.2 Å². The number of amides is 1. The normalized spacial score (nSPS) is 17.1. The molecule has 1 aromatic rings. The maximum absolute atomic E-state index is 11.8. The van der Waals surface area contributed by atoms with Gasteiger partial charge in [-0.3, -0.25) is 4.79 Å². The van der Waals surface area contributed by atoms with Crippen molar-refractivity contribution in [2.24, 2.45) is 5.92 Å². The Morgan fingerprint density at radius 2 is 2.17 bits per heavy atom. The highest BCUT2D eigenvalue weighted by molar-refractivity contribution is 6.42. The smallest absolute Gasteiger partial charge is 0.226 e. The van der Waals surface area contributed by atoms with E-state index < -0.39 is 0 Å². The molecular formula is C12H14Cl2N2O2. The molecule has 1 saturated heterocycles. The number of phenolic OH excluding ortho intramolecular Hbond substituents is 1. The van der Waals surface area contributed by atoms with Crippen molar-refractivity contribution in [2.45, 2.75) is 13.0 Å². The van der Waals surface area contributed by atoms with Crippen molar-refractivity contribution >= 4 is 29.1 Å². The van der Waals surface area contributed by atoms with E-state index in [4.69, 9.17) is 23.2 Å². The van der Waals surface area contributed by atoms with E-state index >= 15 is 0 Å². The van der Waals surface area contributed by atoms with Gasteiger partial charge in [0, 0.05) is 18.7 Å². The summed E-state index contributed by atoms with van der Waals surface area (Å²) in [5.74, 6) is -0.0202. The topological polar surface area (TPSA) is 61.4 Å². The Hall–Kier alpha value is -0.970. The molecular weight excluding hydrogens is 275 g/mol. The number of aromatic hydroxyl groups is 1. The first kappa shape index (κ1) is 13.5. The molecule has 2 rings (SSSR count). The number of phenols is 1. The standard InChI is InChI=1S/C12H14Cl2N2O2/c1-6(16-12(18)7-4-15-5-7)10-9(17)3-2-8(13)11(10)14/h2-3,6-7,15,17H,4-5H2,1H3,(H,16,18)/t6-/m0/s1. The van der Waals surface area contributed by atoms with E-state index in [0.717, 1.165) is 0 Å². The van der Waals surface area contributed by atoms with Crippen LogP contribution in [0.5, 0.6) is 5.75 Å². The molecule has 18 heavy (non-hydrogen) atoms. The molecule has 4 nitrogen and oxygen atoms in total. The van der Waals surface area contributed by atoms with Gasteiger partial charge in [0.1, 0.15) is 5.75 Å². The zero-order valence-corrected chi connectivity index (χ0v) is 11.3. The molecule has 1 aromatic carbocycles. The molecule has 1 fully saturated rings. The lowest BCUT2D eigenvalue weighted by Crippen LogP contribution is -2.51. The summed E-state index contributed by atoms with van der Waals surface area (Å²) in [6, 6.07) is 2.61. The third-order valence-corrected chi connectivity index (χ3v) is 3.87. The zero-order valence-electron chi connectivity index (χ0n) is 9.84. The Kier molecular flexibility index (Phi) is 4.00. The Bertz CT molecular complexity index is 475. The summed E-state index contributed by atoms with van der Waals surface area (Å²) in [7, 11) is 0. The molecule has 3 N–H and O–H groups in total. The van der Waals surface area contributed by atoms with Crippen LogP contribution < -0.4 is 10.6 Å². The number of nitrogens with one attached hydrogen (secondary N) is 2. The Morgan fingerprint density at radius 1 is 1.50 bits per heavy atom. The van der Waals surface area contributed by atoms with Gasteiger partial charge >= 0.3 is 0 Å². The van der Waals surface area contributed by atoms with E-state index in [0.29, 0.717) is 23.7 Å². The minimum Gasteiger partial charge on any atom is -0.508 e. The fourth-order valence-corrected chi connectivity index (χ4v) is 2.33. The van der Waals surface area contributed by atoms with Gasteiger partial charge < -0.3 is 15.7 Å². The van der Waals surface area contributed by atoms with Gasteiger partial charge in [-0.15, -0.1) is 0 Å². The summed E-state index contributed by atoms with van der Waals surface area (Å²) >= 11 is 12.0. The predicted octanol–water partition coefficient (Wildman–Crippen LogP) is 2.10. The quantitative estimate of drug-likeness (QED) is 0.798. The average Bonchev–Trinajstić information content (AvgIpc) is 2.21. The van der Waals surface area contributed by atoms with Crippen molar-refractivity contribution in [1.29, 1.82) is 0 Å². The second kappa shape index (κ2) is 5.34. The van der Waals surface area contributed by atoms with Gasteiger partial charge in [0.15, 0.2) is 0 Å². The van der Waals surface area contributed by atoms with E-state index in [1.54, 1.807) is 6.92 Å². The zero-order chi connectivity index (χ0) is 13.3. The summed E-state index contributed by atoms with van der Waals surface area (Å²) in [6.07, 6.45) is 0. The first-order valence-corrected chi connectivity index (χ1v) is 6.44. The molecule has 1 amide bonds. The van der Waals surface area contributed by atoms with Crippen LogP contribution in [0.15, 0.2) is 12.1 Å². The maximum atomic E-state index is 11.8. The van der Waals surface area contributed by atoms with Crippen molar-refractivity contribution < 1.29 is 9.90 Å². The molecule has 6 heteroatoms. The van der Waals surface area contributed by atoms with E-state index in [-0.39, 0.29) is 28.6 Å².